The zero-order valence-corrected chi connectivity index (χ0v) is 27.4. The number of halogens is 5. The molecule has 5 heterocycles. The zero-order chi connectivity index (χ0) is 35.5. The van der Waals surface area contributed by atoms with E-state index in [1.807, 2.05) is 0 Å². The molecule has 7 rings (SSSR count). The van der Waals surface area contributed by atoms with Crippen molar-refractivity contribution < 1.29 is 31.5 Å². The van der Waals surface area contributed by atoms with Crippen LogP contribution in [0.3, 0.4) is 0 Å². The van der Waals surface area contributed by atoms with Crippen molar-refractivity contribution in [2.24, 2.45) is 0 Å². The third kappa shape index (κ3) is 5.57. The second-order valence-corrected chi connectivity index (χ2v) is 13.6. The van der Waals surface area contributed by atoms with Gasteiger partial charge in [-0.1, -0.05) is 6.58 Å². The molecule has 5 aromatic rings. The van der Waals surface area contributed by atoms with Crippen LogP contribution in [-0.4, -0.2) is 63.4 Å². The normalized spacial score (nSPS) is 16.4. The number of alkyl halides is 3. The van der Waals surface area contributed by atoms with Gasteiger partial charge in [0, 0.05) is 77.2 Å². The van der Waals surface area contributed by atoms with E-state index in [4.69, 9.17) is 10.5 Å². The lowest BCUT2D eigenvalue weighted by Gasteiger charge is -2.35. The van der Waals surface area contributed by atoms with Crippen LogP contribution in [0, 0.1) is 23.0 Å². The predicted octanol–water partition coefficient (Wildman–Crippen LogP) is 5.81. The number of benzene rings is 2. The standard InChI is InChI=1S/C33H24F5N7O3S2/c1-2-23(46)43-7-9-44(10-8-43)31-18-11-20(33(36,37)38)25(26-21(34)12-22(35)28-24(26)19(13-39)30(40)50-28)29-27(18)45(32(47)42-31)14-17(15-49-29)48-16-3-5-41-6-4-16/h2-6,11-12,17H,1,7-10,14-15,40H2. The first-order chi connectivity index (χ1) is 23.9. The van der Waals surface area contributed by atoms with Crippen LogP contribution in [0.5, 0.6) is 5.75 Å². The Labute approximate surface area is 288 Å². The van der Waals surface area contributed by atoms with Gasteiger partial charge in [-0.2, -0.15) is 23.4 Å². The van der Waals surface area contributed by atoms with E-state index in [-0.39, 0.29) is 81.3 Å². The largest absolute Gasteiger partial charge is 0.488 e. The molecule has 10 nitrogen and oxygen atoms in total. The van der Waals surface area contributed by atoms with E-state index in [1.165, 1.54) is 21.9 Å². The van der Waals surface area contributed by atoms with Gasteiger partial charge in [-0.05, 0) is 24.3 Å². The fourth-order valence-electron chi connectivity index (χ4n) is 6.38. The van der Waals surface area contributed by atoms with E-state index in [1.54, 1.807) is 23.1 Å². The number of pyridine rings is 1. The number of thiophene rings is 1. The molecule has 2 aliphatic heterocycles. The summed E-state index contributed by atoms with van der Waals surface area (Å²) in [4.78, 5) is 37.4. The highest BCUT2D eigenvalue weighted by molar-refractivity contribution is 7.99. The van der Waals surface area contributed by atoms with Gasteiger partial charge in [-0.25, -0.2) is 13.6 Å². The first-order valence-electron chi connectivity index (χ1n) is 15.1. The lowest BCUT2D eigenvalue weighted by Crippen LogP contribution is -2.49. The molecule has 1 saturated heterocycles. The maximum absolute atomic E-state index is 16.1. The number of aromatic nitrogens is 3. The van der Waals surface area contributed by atoms with Gasteiger partial charge in [0.1, 0.15) is 40.4 Å². The Hall–Kier alpha value is -5.21. The minimum atomic E-state index is -5.10. The van der Waals surface area contributed by atoms with Gasteiger partial charge in [0.2, 0.25) is 5.91 Å². The molecule has 2 aliphatic rings. The van der Waals surface area contributed by atoms with Crippen molar-refractivity contribution in [3.05, 3.63) is 82.6 Å². The molecule has 17 heteroatoms. The van der Waals surface area contributed by atoms with E-state index in [0.717, 1.165) is 23.9 Å². The summed E-state index contributed by atoms with van der Waals surface area (Å²) < 4.78 is 84.2. The van der Waals surface area contributed by atoms with Crippen LogP contribution in [0.2, 0.25) is 0 Å². The summed E-state index contributed by atoms with van der Waals surface area (Å²) in [5, 5.41) is 9.32. The molecule has 256 valence electrons. The first kappa shape index (κ1) is 33.3. The molecule has 0 radical (unpaired) electrons. The summed E-state index contributed by atoms with van der Waals surface area (Å²) in [7, 11) is 0. The monoisotopic (exact) mass is 725 g/mol. The smallest absolute Gasteiger partial charge is 0.417 e. The highest BCUT2D eigenvalue weighted by Gasteiger charge is 2.40. The number of hydrogen-bond donors (Lipinski definition) is 1. The topological polar surface area (TPSA) is 130 Å². The third-order valence-electron chi connectivity index (χ3n) is 8.58. The molecule has 0 aliphatic carbocycles. The number of piperazine rings is 1. The van der Waals surface area contributed by atoms with Crippen LogP contribution in [0.1, 0.15) is 11.1 Å². The molecule has 1 amide bonds. The maximum atomic E-state index is 16.1. The van der Waals surface area contributed by atoms with E-state index >= 15 is 22.0 Å². The Kier molecular flexibility index (Phi) is 8.39. The van der Waals surface area contributed by atoms with Crippen molar-refractivity contribution in [3.63, 3.8) is 0 Å². The van der Waals surface area contributed by atoms with E-state index in [9.17, 15) is 14.9 Å². The molecule has 2 N–H and O–H groups in total. The number of anilines is 2. The highest BCUT2D eigenvalue weighted by Crippen LogP contribution is 2.52. The van der Waals surface area contributed by atoms with E-state index in [0.29, 0.717) is 23.2 Å². The molecule has 1 atom stereocenters. The van der Waals surface area contributed by atoms with Crippen molar-refractivity contribution in [1.29, 1.82) is 5.26 Å². The number of hydrogen-bond acceptors (Lipinski definition) is 10. The number of carbonyl (C=O) groups is 1. The van der Waals surface area contributed by atoms with Crippen molar-refractivity contribution in [2.45, 2.75) is 23.7 Å². The van der Waals surface area contributed by atoms with Crippen molar-refractivity contribution >= 4 is 60.8 Å². The van der Waals surface area contributed by atoms with E-state index in [2.05, 4.69) is 16.5 Å². The Balaban J connectivity index is 1.54. The fourth-order valence-corrected chi connectivity index (χ4v) is 8.55. The van der Waals surface area contributed by atoms with Crippen LogP contribution in [0.15, 0.2) is 59.0 Å². The number of nitrogens with two attached hydrogens (primary N) is 1. The summed E-state index contributed by atoms with van der Waals surface area (Å²) >= 11 is 1.54. The first-order valence-corrected chi connectivity index (χ1v) is 16.9. The number of rotatable bonds is 5. The lowest BCUT2D eigenvalue weighted by atomic mass is 9.92. The Morgan fingerprint density at radius 3 is 2.50 bits per heavy atom. The molecule has 1 fully saturated rings. The van der Waals surface area contributed by atoms with Gasteiger partial charge in [-0.3, -0.25) is 14.3 Å². The van der Waals surface area contributed by atoms with Crippen molar-refractivity contribution in [3.8, 4) is 22.9 Å². The van der Waals surface area contributed by atoms with Crippen LogP contribution in [0.25, 0.3) is 32.1 Å². The SMILES string of the molecule is C=CC(=O)N1CCN(c2nc(=O)n3c4c(c(-c5c(F)cc(F)c6sc(N)c(C#N)c56)c(C(F)(F)F)cc24)SCC(Oc2ccncc2)C3)CC1. The summed E-state index contributed by atoms with van der Waals surface area (Å²) in [6.07, 6.45) is -1.73. The van der Waals surface area contributed by atoms with Crippen LogP contribution < -0.4 is 21.1 Å². The summed E-state index contributed by atoms with van der Waals surface area (Å²) in [6, 6.07) is 6.25. The minimum absolute atomic E-state index is 0.00731. The average Bonchev–Trinajstić information content (AvgIpc) is 3.31. The summed E-state index contributed by atoms with van der Waals surface area (Å²) in [6.45, 7) is 4.05. The molecule has 50 heavy (non-hydrogen) atoms. The number of nitrogens with zero attached hydrogens (tertiary/aromatic N) is 6. The zero-order valence-electron chi connectivity index (χ0n) is 25.8. The second kappa shape index (κ2) is 12.6. The van der Waals surface area contributed by atoms with Crippen LogP contribution in [0.4, 0.5) is 32.8 Å². The van der Waals surface area contributed by atoms with Gasteiger partial charge in [0.25, 0.3) is 0 Å². The molecule has 0 spiro atoms. The highest BCUT2D eigenvalue weighted by atomic mass is 32.2. The Morgan fingerprint density at radius 1 is 1.12 bits per heavy atom. The number of fused-ring (bicyclic) bond motifs is 1. The van der Waals surface area contributed by atoms with Gasteiger partial charge in [0.15, 0.2) is 0 Å². The number of ether oxygens (including phenoxy) is 1. The van der Waals surface area contributed by atoms with Crippen LogP contribution in [-0.2, 0) is 17.5 Å². The third-order valence-corrected chi connectivity index (χ3v) is 10.8. The van der Waals surface area contributed by atoms with Gasteiger partial charge >= 0.3 is 11.9 Å². The molecular weight excluding hydrogens is 702 g/mol. The predicted molar refractivity (Wildman–Crippen MR) is 179 cm³/mol. The van der Waals surface area contributed by atoms with E-state index < -0.39 is 51.7 Å². The number of thioether (sulfide) groups is 1. The number of amides is 1. The molecule has 0 bridgehead atoms. The van der Waals surface area contributed by atoms with Crippen LogP contribution >= 0.6 is 23.1 Å². The molecular formula is C33H24F5N7O3S2. The summed E-state index contributed by atoms with van der Waals surface area (Å²) in [5.74, 6) is -2.38. The van der Waals surface area contributed by atoms with Crippen molar-refractivity contribution in [2.75, 3.05) is 42.6 Å². The Morgan fingerprint density at radius 2 is 1.84 bits per heavy atom. The quantitative estimate of drug-likeness (QED) is 0.176. The van der Waals surface area contributed by atoms with Gasteiger partial charge in [0.05, 0.1) is 27.9 Å². The molecule has 1 unspecified atom stereocenters. The van der Waals surface area contributed by atoms with Crippen molar-refractivity contribution in [1.82, 2.24) is 19.4 Å². The Bertz CT molecular complexity index is 2310. The average molecular weight is 726 g/mol. The fraction of sp³-hybridized carbons (Fsp3) is 0.242. The minimum Gasteiger partial charge on any atom is -0.488 e. The van der Waals surface area contributed by atoms with Gasteiger partial charge < -0.3 is 20.3 Å². The lowest BCUT2D eigenvalue weighted by molar-refractivity contribution is -0.137. The maximum Gasteiger partial charge on any atom is 0.417 e. The summed E-state index contributed by atoms with van der Waals surface area (Å²) in [5.41, 5.74) is 2.27. The molecule has 3 aromatic heterocycles. The molecule has 0 saturated carbocycles. The van der Waals surface area contributed by atoms with Gasteiger partial charge in [-0.15, -0.1) is 23.1 Å². The number of carbonyl (C=O) groups excluding carboxylic acids is 1. The number of nitriles is 1. The number of nitrogen functional groups attached to an aromatic ring is 1. The second-order valence-electron chi connectivity index (χ2n) is 11.5. The molecule has 2 aromatic carbocycles.